The van der Waals surface area contributed by atoms with E-state index in [0.29, 0.717) is 0 Å². The summed E-state index contributed by atoms with van der Waals surface area (Å²) in [6.07, 6.45) is 4.64. The van der Waals surface area contributed by atoms with Gasteiger partial charge in [0.2, 0.25) is 8.32 Å². The molecule has 0 bridgehead atoms. The lowest BCUT2D eigenvalue weighted by Gasteiger charge is -2.32. The summed E-state index contributed by atoms with van der Waals surface area (Å²) < 4.78 is 16.7. The average molecular weight is 248 g/mol. The summed E-state index contributed by atoms with van der Waals surface area (Å²) in [7, 11) is 1.73. The Bertz CT molecular complexity index is 174. The highest BCUT2D eigenvalue weighted by atomic mass is 28.4. The Hall–Kier alpha value is 0.0969. The normalized spacial score (nSPS) is 16.1. The second-order valence-electron chi connectivity index (χ2n) is 4.73. The van der Waals surface area contributed by atoms with Crippen molar-refractivity contribution < 1.29 is 13.9 Å². The van der Waals surface area contributed by atoms with E-state index in [1.165, 1.54) is 19.3 Å². The molecule has 0 aromatic rings. The van der Waals surface area contributed by atoms with Gasteiger partial charge in [0.05, 0.1) is 5.73 Å². The average Bonchev–Trinajstić information content (AvgIpc) is 2.27. The quantitative estimate of drug-likeness (QED) is 0.356. The first-order chi connectivity index (χ1) is 7.47. The van der Waals surface area contributed by atoms with Gasteiger partial charge in [-0.1, -0.05) is 26.2 Å². The number of hydrogen-bond acceptors (Lipinski definition) is 3. The van der Waals surface area contributed by atoms with Gasteiger partial charge >= 0.3 is 0 Å². The third kappa shape index (κ3) is 5.99. The van der Waals surface area contributed by atoms with E-state index in [0.717, 1.165) is 6.42 Å². The predicted octanol–water partition coefficient (Wildman–Crippen LogP) is 3.34. The summed E-state index contributed by atoms with van der Waals surface area (Å²) in [6, 6.07) is 0. The van der Waals surface area contributed by atoms with Crippen molar-refractivity contribution >= 4 is 8.32 Å². The van der Waals surface area contributed by atoms with E-state index in [2.05, 4.69) is 20.0 Å². The number of rotatable bonds is 9. The molecule has 0 aliphatic rings. The summed E-state index contributed by atoms with van der Waals surface area (Å²) in [5.41, 5.74) is 0.221. The molecule has 0 spiro atoms. The van der Waals surface area contributed by atoms with Crippen LogP contribution in [-0.4, -0.2) is 34.6 Å². The van der Waals surface area contributed by atoms with E-state index >= 15 is 0 Å². The fourth-order valence-electron chi connectivity index (χ4n) is 1.58. The van der Waals surface area contributed by atoms with Gasteiger partial charge < -0.3 is 13.9 Å². The van der Waals surface area contributed by atoms with Crippen LogP contribution >= 0.6 is 0 Å². The minimum absolute atomic E-state index is 0.145. The number of unbranched alkanes of at least 4 members (excludes halogenated alkanes) is 2. The first-order valence-corrected chi connectivity index (χ1v) is 9.19. The SMILES string of the molecule is CCCCCC(OC(C)OC)[Si](C)(C)OC. The lowest BCUT2D eigenvalue weighted by atomic mass is 10.2. The Morgan fingerprint density at radius 2 is 1.75 bits per heavy atom. The van der Waals surface area contributed by atoms with Crippen LogP contribution in [0.15, 0.2) is 0 Å². The molecule has 0 heterocycles. The minimum atomic E-state index is -1.74. The van der Waals surface area contributed by atoms with Gasteiger partial charge in [-0.2, -0.15) is 0 Å². The van der Waals surface area contributed by atoms with Gasteiger partial charge in [-0.15, -0.1) is 0 Å². The summed E-state index contributed by atoms with van der Waals surface area (Å²) in [5.74, 6) is 0. The molecule has 0 N–H and O–H groups in total. The van der Waals surface area contributed by atoms with Gasteiger partial charge in [0.25, 0.3) is 0 Å². The van der Waals surface area contributed by atoms with Gasteiger partial charge in [-0.25, -0.2) is 0 Å². The molecular weight excluding hydrogens is 220 g/mol. The summed E-state index contributed by atoms with van der Waals surface area (Å²) >= 11 is 0. The third-order valence-corrected chi connectivity index (χ3v) is 6.09. The number of methoxy groups -OCH3 is 1. The summed E-state index contributed by atoms with van der Waals surface area (Å²) in [4.78, 5) is 0. The first-order valence-electron chi connectivity index (χ1n) is 6.21. The van der Waals surface area contributed by atoms with E-state index < -0.39 is 8.32 Å². The summed E-state index contributed by atoms with van der Waals surface area (Å²) in [6.45, 7) is 8.55. The highest BCUT2D eigenvalue weighted by molar-refractivity contribution is 6.72. The molecule has 0 saturated carbocycles. The van der Waals surface area contributed by atoms with Crippen molar-refractivity contribution in [3.8, 4) is 0 Å². The second kappa shape index (κ2) is 8.23. The smallest absolute Gasteiger partial charge is 0.214 e. The topological polar surface area (TPSA) is 27.7 Å². The standard InChI is InChI=1S/C12H28O3Si/c1-7-8-9-10-12(15-11(2)13-3)16(5,6)14-4/h11-12H,7-10H2,1-6H3. The zero-order valence-electron chi connectivity index (χ0n) is 11.7. The Labute approximate surface area is 102 Å². The lowest BCUT2D eigenvalue weighted by molar-refractivity contribution is -0.130. The minimum Gasteiger partial charge on any atom is -0.418 e. The Morgan fingerprint density at radius 3 is 2.19 bits per heavy atom. The molecule has 0 rings (SSSR count). The summed E-state index contributed by atoms with van der Waals surface area (Å²) in [5, 5.41) is 0. The fraction of sp³-hybridized carbons (Fsp3) is 1.00. The maximum absolute atomic E-state index is 5.92. The van der Waals surface area contributed by atoms with Crippen molar-refractivity contribution in [2.75, 3.05) is 14.2 Å². The molecule has 2 unspecified atom stereocenters. The molecule has 0 aliphatic heterocycles. The van der Waals surface area contributed by atoms with Crippen LogP contribution in [0.3, 0.4) is 0 Å². The van der Waals surface area contributed by atoms with Crippen LogP contribution in [0.5, 0.6) is 0 Å². The van der Waals surface area contributed by atoms with Crippen LogP contribution in [0.4, 0.5) is 0 Å². The third-order valence-electron chi connectivity index (χ3n) is 3.06. The van der Waals surface area contributed by atoms with Crippen molar-refractivity contribution in [1.29, 1.82) is 0 Å². The molecule has 0 aromatic heterocycles. The van der Waals surface area contributed by atoms with Gasteiger partial charge in [-0.3, -0.25) is 0 Å². The monoisotopic (exact) mass is 248 g/mol. The molecule has 3 nitrogen and oxygen atoms in total. The second-order valence-corrected chi connectivity index (χ2v) is 8.99. The van der Waals surface area contributed by atoms with Crippen LogP contribution in [0.2, 0.25) is 13.1 Å². The van der Waals surface area contributed by atoms with E-state index in [1.54, 1.807) is 14.2 Å². The maximum Gasteiger partial charge on any atom is 0.214 e. The molecule has 0 radical (unpaired) electrons. The van der Waals surface area contributed by atoms with E-state index in [9.17, 15) is 0 Å². The van der Waals surface area contributed by atoms with Crippen molar-refractivity contribution in [1.82, 2.24) is 0 Å². The van der Waals surface area contributed by atoms with Gasteiger partial charge in [0.1, 0.15) is 0 Å². The Balaban J connectivity index is 4.26. The predicted molar refractivity (Wildman–Crippen MR) is 70.0 cm³/mol. The molecular formula is C12H28O3Si. The Kier molecular flexibility index (Phi) is 8.28. The largest absolute Gasteiger partial charge is 0.418 e. The van der Waals surface area contributed by atoms with E-state index in [4.69, 9.17) is 13.9 Å². The molecule has 98 valence electrons. The number of hydrogen-bond donors (Lipinski definition) is 0. The zero-order chi connectivity index (χ0) is 12.6. The van der Waals surface area contributed by atoms with E-state index in [1.807, 2.05) is 6.92 Å². The van der Waals surface area contributed by atoms with Crippen LogP contribution < -0.4 is 0 Å². The highest BCUT2D eigenvalue weighted by Crippen LogP contribution is 2.20. The van der Waals surface area contributed by atoms with Gasteiger partial charge in [0.15, 0.2) is 6.29 Å². The van der Waals surface area contributed by atoms with Gasteiger partial charge in [0, 0.05) is 14.2 Å². The highest BCUT2D eigenvalue weighted by Gasteiger charge is 2.34. The molecule has 0 amide bonds. The van der Waals surface area contributed by atoms with Crippen LogP contribution in [0.25, 0.3) is 0 Å². The first kappa shape index (κ1) is 16.1. The van der Waals surface area contributed by atoms with Crippen LogP contribution in [-0.2, 0) is 13.9 Å². The van der Waals surface area contributed by atoms with Crippen LogP contribution in [0.1, 0.15) is 39.5 Å². The molecule has 0 fully saturated rings. The van der Waals surface area contributed by atoms with Crippen LogP contribution in [0, 0.1) is 0 Å². The van der Waals surface area contributed by atoms with Gasteiger partial charge in [-0.05, 0) is 26.4 Å². The van der Waals surface area contributed by atoms with Crippen molar-refractivity contribution in [2.45, 2.75) is 64.6 Å². The molecule has 16 heavy (non-hydrogen) atoms. The molecule has 0 aliphatic carbocycles. The van der Waals surface area contributed by atoms with E-state index in [-0.39, 0.29) is 12.0 Å². The van der Waals surface area contributed by atoms with Crippen molar-refractivity contribution in [3.63, 3.8) is 0 Å². The zero-order valence-corrected chi connectivity index (χ0v) is 12.7. The van der Waals surface area contributed by atoms with Crippen molar-refractivity contribution in [2.24, 2.45) is 0 Å². The molecule has 0 saturated heterocycles. The molecule has 2 atom stereocenters. The maximum atomic E-state index is 5.92. The molecule has 4 heteroatoms. The lowest BCUT2D eigenvalue weighted by Crippen LogP contribution is -2.47. The number of ether oxygens (including phenoxy) is 2. The molecule has 0 aromatic carbocycles. The fourth-order valence-corrected chi connectivity index (χ4v) is 3.26. The van der Waals surface area contributed by atoms with Crippen molar-refractivity contribution in [3.05, 3.63) is 0 Å². The Morgan fingerprint density at radius 1 is 1.12 bits per heavy atom.